The highest BCUT2D eigenvalue weighted by atomic mass is 16.7. The molecule has 1 aromatic rings. The number of fused-ring (bicyclic) bond motifs is 1. The number of urea groups is 1. The Hall–Kier alpha value is -2.77. The molecule has 27 heavy (non-hydrogen) atoms. The van der Waals surface area contributed by atoms with Gasteiger partial charge in [0.2, 0.25) is 12.7 Å². The van der Waals surface area contributed by atoms with E-state index in [0.717, 1.165) is 17.7 Å². The molecular weight excluding hydrogens is 350 g/mol. The Kier molecular flexibility index (Phi) is 5.25. The van der Waals surface area contributed by atoms with Gasteiger partial charge in [0.25, 0.3) is 5.91 Å². The molecule has 3 rings (SSSR count). The summed E-state index contributed by atoms with van der Waals surface area (Å²) in [6.07, 6.45) is 1.85. The molecule has 1 N–H and O–H groups in total. The van der Waals surface area contributed by atoms with Gasteiger partial charge >= 0.3 is 6.03 Å². The van der Waals surface area contributed by atoms with Gasteiger partial charge in [-0.2, -0.15) is 0 Å². The van der Waals surface area contributed by atoms with E-state index < -0.39 is 17.5 Å². The highest BCUT2D eigenvalue weighted by molar-refractivity contribution is 6.09. The quantitative estimate of drug-likeness (QED) is 0.735. The number of carbonyl (C=O) groups is 3. The predicted molar refractivity (Wildman–Crippen MR) is 97.3 cm³/mol. The fraction of sp³-hybridized carbons (Fsp3) is 0.526. The lowest BCUT2D eigenvalue weighted by molar-refractivity contribution is -0.138. The van der Waals surface area contributed by atoms with E-state index in [0.29, 0.717) is 30.2 Å². The van der Waals surface area contributed by atoms with Crippen LogP contribution in [0.5, 0.6) is 11.5 Å². The van der Waals surface area contributed by atoms with Gasteiger partial charge in [-0.15, -0.1) is 0 Å². The maximum atomic E-state index is 13.0. The molecule has 1 fully saturated rings. The Labute approximate surface area is 158 Å². The SMILES string of the molecule is CCCCN(CC)C(=O)CN1C(=O)N[C@@](C)(c2ccc3c(c2)OCO3)C1=O. The summed E-state index contributed by atoms with van der Waals surface area (Å²) in [6, 6.07) is 4.54. The van der Waals surface area contributed by atoms with Gasteiger partial charge in [0, 0.05) is 13.1 Å². The normalized spacial score (nSPS) is 20.8. The van der Waals surface area contributed by atoms with Crippen molar-refractivity contribution in [3.8, 4) is 11.5 Å². The molecule has 0 saturated carbocycles. The molecule has 0 aliphatic carbocycles. The summed E-state index contributed by atoms with van der Waals surface area (Å²) in [5.74, 6) is 0.443. The van der Waals surface area contributed by atoms with Gasteiger partial charge in [0.05, 0.1) is 0 Å². The van der Waals surface area contributed by atoms with Gasteiger partial charge in [-0.3, -0.25) is 14.5 Å². The van der Waals surface area contributed by atoms with Crippen molar-refractivity contribution in [2.45, 2.75) is 39.2 Å². The Morgan fingerprint density at radius 2 is 2.00 bits per heavy atom. The molecule has 8 nitrogen and oxygen atoms in total. The second kappa shape index (κ2) is 7.46. The minimum Gasteiger partial charge on any atom is -0.454 e. The fourth-order valence-corrected chi connectivity index (χ4v) is 3.29. The number of nitrogens with one attached hydrogen (secondary N) is 1. The van der Waals surface area contributed by atoms with Crippen LogP contribution in [0.15, 0.2) is 18.2 Å². The van der Waals surface area contributed by atoms with Gasteiger partial charge in [-0.25, -0.2) is 4.79 Å². The summed E-state index contributed by atoms with van der Waals surface area (Å²) in [5.41, 5.74) is -0.669. The van der Waals surface area contributed by atoms with Crippen LogP contribution in [-0.4, -0.2) is 54.1 Å². The van der Waals surface area contributed by atoms with Crippen LogP contribution in [0.4, 0.5) is 4.79 Å². The second-order valence-corrected chi connectivity index (χ2v) is 6.84. The molecule has 0 spiro atoms. The van der Waals surface area contributed by atoms with Crippen molar-refractivity contribution in [2.75, 3.05) is 26.4 Å². The molecule has 0 aromatic heterocycles. The highest BCUT2D eigenvalue weighted by Crippen LogP contribution is 2.37. The van der Waals surface area contributed by atoms with Gasteiger partial charge in [-0.05, 0) is 38.0 Å². The lowest BCUT2D eigenvalue weighted by Crippen LogP contribution is -2.44. The molecule has 0 unspecified atom stereocenters. The minimum atomic E-state index is -1.25. The van der Waals surface area contributed by atoms with E-state index in [1.165, 1.54) is 0 Å². The lowest BCUT2D eigenvalue weighted by Gasteiger charge is -2.24. The Balaban J connectivity index is 1.77. The van der Waals surface area contributed by atoms with Gasteiger partial charge < -0.3 is 19.7 Å². The van der Waals surface area contributed by atoms with E-state index in [1.54, 1.807) is 30.0 Å². The summed E-state index contributed by atoms with van der Waals surface area (Å²) in [6.45, 7) is 6.59. The van der Waals surface area contributed by atoms with Crippen LogP contribution in [0.25, 0.3) is 0 Å². The maximum absolute atomic E-state index is 13.0. The van der Waals surface area contributed by atoms with Crippen LogP contribution in [0, 0.1) is 0 Å². The van der Waals surface area contributed by atoms with Crippen LogP contribution < -0.4 is 14.8 Å². The third kappa shape index (κ3) is 3.43. The molecule has 1 atom stereocenters. The highest BCUT2D eigenvalue weighted by Gasteiger charge is 2.50. The number of benzene rings is 1. The summed E-state index contributed by atoms with van der Waals surface area (Å²) in [5, 5.41) is 2.71. The number of unbranched alkanes of at least 4 members (excludes halogenated alkanes) is 1. The number of rotatable bonds is 7. The van der Waals surface area contributed by atoms with Crippen molar-refractivity contribution in [2.24, 2.45) is 0 Å². The third-order valence-corrected chi connectivity index (χ3v) is 5.03. The van der Waals surface area contributed by atoms with Crippen molar-refractivity contribution < 1.29 is 23.9 Å². The van der Waals surface area contributed by atoms with Gasteiger partial charge in [0.1, 0.15) is 12.1 Å². The fourth-order valence-electron chi connectivity index (χ4n) is 3.29. The maximum Gasteiger partial charge on any atom is 0.325 e. The zero-order valence-corrected chi connectivity index (χ0v) is 15.9. The molecule has 2 heterocycles. The van der Waals surface area contributed by atoms with Crippen LogP contribution in [-0.2, 0) is 15.1 Å². The number of likely N-dealkylation sites (N-methyl/N-ethyl adjacent to an activating group) is 1. The molecule has 2 aliphatic heterocycles. The van der Waals surface area contributed by atoms with Crippen molar-refractivity contribution in [1.82, 2.24) is 15.1 Å². The minimum absolute atomic E-state index is 0.126. The largest absolute Gasteiger partial charge is 0.454 e. The second-order valence-electron chi connectivity index (χ2n) is 6.84. The standard InChI is InChI=1S/C19H25N3O5/c1-4-6-9-21(5-2)16(23)11-22-17(24)19(3,20-18(22)25)13-7-8-14-15(10-13)27-12-26-14/h7-8,10H,4-6,9,11-12H2,1-3H3,(H,20,25)/t19-/m0/s1. The number of nitrogens with zero attached hydrogens (tertiary/aromatic N) is 2. The average Bonchev–Trinajstić information content (AvgIpc) is 3.20. The number of ether oxygens (including phenoxy) is 2. The molecular formula is C19H25N3O5. The number of imide groups is 1. The molecule has 0 bridgehead atoms. The van der Waals surface area contributed by atoms with E-state index in [2.05, 4.69) is 5.32 Å². The first kappa shape index (κ1) is 19.0. The number of hydrogen-bond acceptors (Lipinski definition) is 5. The Morgan fingerprint density at radius 3 is 2.70 bits per heavy atom. The van der Waals surface area contributed by atoms with Crippen molar-refractivity contribution >= 4 is 17.8 Å². The summed E-state index contributed by atoms with van der Waals surface area (Å²) >= 11 is 0. The van der Waals surface area contributed by atoms with E-state index in [-0.39, 0.29) is 19.2 Å². The van der Waals surface area contributed by atoms with Crippen molar-refractivity contribution in [1.29, 1.82) is 0 Å². The lowest BCUT2D eigenvalue weighted by atomic mass is 9.91. The summed E-state index contributed by atoms with van der Waals surface area (Å²) in [7, 11) is 0. The van der Waals surface area contributed by atoms with Crippen LogP contribution in [0.1, 0.15) is 39.2 Å². The van der Waals surface area contributed by atoms with E-state index in [1.807, 2.05) is 13.8 Å². The van der Waals surface area contributed by atoms with Crippen molar-refractivity contribution in [3.05, 3.63) is 23.8 Å². The number of carbonyl (C=O) groups excluding carboxylic acids is 3. The average molecular weight is 375 g/mol. The van der Waals surface area contributed by atoms with Crippen LogP contribution in [0.3, 0.4) is 0 Å². The monoisotopic (exact) mass is 375 g/mol. The molecule has 8 heteroatoms. The zero-order valence-electron chi connectivity index (χ0n) is 15.9. The first-order chi connectivity index (χ1) is 12.9. The summed E-state index contributed by atoms with van der Waals surface area (Å²) < 4.78 is 10.6. The van der Waals surface area contributed by atoms with Crippen LogP contribution in [0.2, 0.25) is 0 Å². The summed E-state index contributed by atoms with van der Waals surface area (Å²) in [4.78, 5) is 40.6. The van der Waals surface area contributed by atoms with Crippen LogP contribution >= 0.6 is 0 Å². The smallest absolute Gasteiger partial charge is 0.325 e. The molecule has 1 aromatic carbocycles. The van der Waals surface area contributed by atoms with E-state index >= 15 is 0 Å². The van der Waals surface area contributed by atoms with E-state index in [4.69, 9.17) is 9.47 Å². The first-order valence-electron chi connectivity index (χ1n) is 9.22. The topological polar surface area (TPSA) is 88.2 Å². The van der Waals surface area contributed by atoms with Gasteiger partial charge in [-0.1, -0.05) is 19.4 Å². The van der Waals surface area contributed by atoms with Crippen molar-refractivity contribution in [3.63, 3.8) is 0 Å². The molecule has 0 radical (unpaired) electrons. The first-order valence-corrected chi connectivity index (χ1v) is 9.22. The number of amides is 4. The molecule has 4 amide bonds. The van der Waals surface area contributed by atoms with E-state index in [9.17, 15) is 14.4 Å². The van der Waals surface area contributed by atoms with Gasteiger partial charge in [0.15, 0.2) is 11.5 Å². The Bertz CT molecular complexity index is 766. The Morgan fingerprint density at radius 1 is 1.26 bits per heavy atom. The number of hydrogen-bond donors (Lipinski definition) is 1. The molecule has 146 valence electrons. The zero-order chi connectivity index (χ0) is 19.6. The third-order valence-electron chi connectivity index (χ3n) is 5.03. The predicted octanol–water partition coefficient (Wildman–Crippen LogP) is 1.83. The molecule has 1 saturated heterocycles. The molecule has 2 aliphatic rings.